The predicted octanol–water partition coefficient (Wildman–Crippen LogP) is 1.83. The fourth-order valence-electron chi connectivity index (χ4n) is 2.44. The molecule has 0 spiro atoms. The number of carbonyl (C=O) groups excluding carboxylic acids is 1. The minimum atomic E-state index is -0.0740. The summed E-state index contributed by atoms with van der Waals surface area (Å²) in [5.74, 6) is 0.910. The number of aromatic nitrogens is 1. The second kappa shape index (κ2) is 6.41. The number of anilines is 2. The summed E-state index contributed by atoms with van der Waals surface area (Å²) in [5.41, 5.74) is 6.68. The van der Waals surface area contributed by atoms with Crippen LogP contribution in [0.3, 0.4) is 0 Å². The number of carbonyl (C=O) groups is 1. The molecule has 0 amide bonds. The van der Waals surface area contributed by atoms with Crippen molar-refractivity contribution in [3.05, 3.63) is 18.3 Å². The lowest BCUT2D eigenvalue weighted by molar-refractivity contribution is -0.144. The third-order valence-electron chi connectivity index (χ3n) is 3.51. The Hall–Kier alpha value is -1.78. The first-order valence-electron chi connectivity index (χ1n) is 6.81. The zero-order chi connectivity index (χ0) is 13.7. The molecule has 0 aliphatic carbocycles. The molecule has 1 saturated heterocycles. The van der Waals surface area contributed by atoms with Crippen LogP contribution in [0.5, 0.6) is 0 Å². The zero-order valence-corrected chi connectivity index (χ0v) is 11.3. The van der Waals surface area contributed by atoms with E-state index in [9.17, 15) is 4.79 Å². The molecule has 1 fully saturated rings. The highest BCUT2D eigenvalue weighted by Crippen LogP contribution is 2.25. The summed E-state index contributed by atoms with van der Waals surface area (Å²) in [5, 5.41) is 0. The summed E-state index contributed by atoms with van der Waals surface area (Å²) in [6.07, 6.45) is 4.38. The maximum Gasteiger partial charge on any atom is 0.306 e. The van der Waals surface area contributed by atoms with Gasteiger partial charge in [-0.3, -0.25) is 4.79 Å². The fraction of sp³-hybridized carbons (Fsp3) is 0.571. The number of esters is 1. The number of rotatable bonds is 4. The van der Waals surface area contributed by atoms with E-state index in [0.29, 0.717) is 24.8 Å². The Morgan fingerprint density at radius 1 is 1.47 bits per heavy atom. The average Bonchev–Trinajstić information content (AvgIpc) is 2.41. The fourth-order valence-corrected chi connectivity index (χ4v) is 2.44. The van der Waals surface area contributed by atoms with Crippen molar-refractivity contribution in [1.82, 2.24) is 4.98 Å². The molecule has 0 unspecified atom stereocenters. The van der Waals surface area contributed by atoms with Crippen LogP contribution in [0.4, 0.5) is 11.5 Å². The number of nitrogens with two attached hydrogens (primary N) is 1. The molecule has 5 nitrogen and oxygen atoms in total. The van der Waals surface area contributed by atoms with E-state index in [1.807, 2.05) is 19.1 Å². The Morgan fingerprint density at radius 2 is 2.21 bits per heavy atom. The summed E-state index contributed by atoms with van der Waals surface area (Å²) in [7, 11) is 0. The molecule has 2 N–H and O–H groups in total. The number of nitrogens with zero attached hydrogens (tertiary/aromatic N) is 2. The van der Waals surface area contributed by atoms with Crippen LogP contribution in [0.15, 0.2) is 18.3 Å². The minimum Gasteiger partial charge on any atom is -0.466 e. The van der Waals surface area contributed by atoms with Gasteiger partial charge < -0.3 is 15.4 Å². The minimum absolute atomic E-state index is 0.0740. The molecule has 2 rings (SSSR count). The molecule has 0 radical (unpaired) electrons. The smallest absolute Gasteiger partial charge is 0.306 e. The van der Waals surface area contributed by atoms with Crippen molar-refractivity contribution in [3.63, 3.8) is 0 Å². The first-order chi connectivity index (χ1) is 9.19. The van der Waals surface area contributed by atoms with Crippen molar-refractivity contribution in [2.45, 2.75) is 26.2 Å². The van der Waals surface area contributed by atoms with E-state index in [-0.39, 0.29) is 5.97 Å². The van der Waals surface area contributed by atoms with Gasteiger partial charge in [-0.05, 0) is 37.8 Å². The molecule has 0 bridgehead atoms. The van der Waals surface area contributed by atoms with Gasteiger partial charge in [-0.2, -0.15) is 0 Å². The quantitative estimate of drug-likeness (QED) is 0.839. The molecule has 0 saturated carbocycles. The normalized spacial score (nSPS) is 16.4. The van der Waals surface area contributed by atoms with Gasteiger partial charge in [-0.25, -0.2) is 4.98 Å². The van der Waals surface area contributed by atoms with Crippen LogP contribution >= 0.6 is 0 Å². The summed E-state index contributed by atoms with van der Waals surface area (Å²) < 4.78 is 4.99. The first kappa shape index (κ1) is 13.6. The number of ether oxygens (including phenoxy) is 1. The molecule has 5 heteroatoms. The van der Waals surface area contributed by atoms with Crippen LogP contribution < -0.4 is 10.6 Å². The Labute approximate surface area is 113 Å². The van der Waals surface area contributed by atoms with Crippen molar-refractivity contribution in [3.8, 4) is 0 Å². The van der Waals surface area contributed by atoms with Crippen LogP contribution in [-0.4, -0.2) is 30.6 Å². The SMILES string of the molecule is CCOC(=O)CC1CCN(c2ccc(N)nc2)CC1. The number of nitrogen functional groups attached to an aromatic ring is 1. The Bertz CT molecular complexity index is 411. The number of hydrogen-bond acceptors (Lipinski definition) is 5. The van der Waals surface area contributed by atoms with Crippen LogP contribution in [0.1, 0.15) is 26.2 Å². The van der Waals surface area contributed by atoms with Crippen LogP contribution in [0.2, 0.25) is 0 Å². The number of pyridine rings is 1. The molecule has 0 aromatic carbocycles. The molecule has 19 heavy (non-hydrogen) atoms. The highest BCUT2D eigenvalue weighted by atomic mass is 16.5. The van der Waals surface area contributed by atoms with Gasteiger partial charge in [-0.15, -0.1) is 0 Å². The molecular formula is C14H21N3O2. The van der Waals surface area contributed by atoms with Gasteiger partial charge in [0.1, 0.15) is 5.82 Å². The van der Waals surface area contributed by atoms with Gasteiger partial charge in [0.15, 0.2) is 0 Å². The van der Waals surface area contributed by atoms with Gasteiger partial charge in [0.25, 0.3) is 0 Å². The maximum atomic E-state index is 11.4. The lowest BCUT2D eigenvalue weighted by Gasteiger charge is -2.33. The van der Waals surface area contributed by atoms with Crippen molar-refractivity contribution in [2.24, 2.45) is 5.92 Å². The van der Waals surface area contributed by atoms with E-state index in [1.54, 1.807) is 6.20 Å². The van der Waals surface area contributed by atoms with E-state index in [4.69, 9.17) is 10.5 Å². The van der Waals surface area contributed by atoms with Gasteiger partial charge >= 0.3 is 5.97 Å². The lowest BCUT2D eigenvalue weighted by Crippen LogP contribution is -2.34. The summed E-state index contributed by atoms with van der Waals surface area (Å²) >= 11 is 0. The molecule has 104 valence electrons. The Morgan fingerprint density at radius 3 is 2.79 bits per heavy atom. The highest BCUT2D eigenvalue weighted by molar-refractivity contribution is 5.69. The Kier molecular flexibility index (Phi) is 4.60. The van der Waals surface area contributed by atoms with Crippen molar-refractivity contribution >= 4 is 17.5 Å². The molecule has 2 heterocycles. The van der Waals surface area contributed by atoms with E-state index in [2.05, 4.69) is 9.88 Å². The predicted molar refractivity (Wildman–Crippen MR) is 74.8 cm³/mol. The molecule has 1 aromatic rings. The number of hydrogen-bond donors (Lipinski definition) is 1. The maximum absolute atomic E-state index is 11.4. The number of piperidine rings is 1. The van der Waals surface area contributed by atoms with Crippen LogP contribution in [0, 0.1) is 5.92 Å². The second-order valence-electron chi connectivity index (χ2n) is 4.88. The van der Waals surface area contributed by atoms with E-state index < -0.39 is 0 Å². The summed E-state index contributed by atoms with van der Waals surface area (Å²) in [4.78, 5) is 17.8. The van der Waals surface area contributed by atoms with Gasteiger partial charge in [0, 0.05) is 19.5 Å². The molecule has 1 aromatic heterocycles. The van der Waals surface area contributed by atoms with Crippen LogP contribution in [0.25, 0.3) is 0 Å². The third kappa shape index (κ3) is 3.84. The first-order valence-corrected chi connectivity index (χ1v) is 6.81. The second-order valence-corrected chi connectivity index (χ2v) is 4.88. The van der Waals surface area contributed by atoms with Crippen molar-refractivity contribution in [2.75, 3.05) is 30.3 Å². The van der Waals surface area contributed by atoms with Gasteiger partial charge in [0.2, 0.25) is 0 Å². The Balaban J connectivity index is 1.82. The molecular weight excluding hydrogens is 242 g/mol. The monoisotopic (exact) mass is 263 g/mol. The molecule has 1 aliphatic rings. The van der Waals surface area contributed by atoms with Gasteiger partial charge in [-0.1, -0.05) is 0 Å². The third-order valence-corrected chi connectivity index (χ3v) is 3.51. The topological polar surface area (TPSA) is 68.5 Å². The van der Waals surface area contributed by atoms with E-state index >= 15 is 0 Å². The highest BCUT2D eigenvalue weighted by Gasteiger charge is 2.22. The summed E-state index contributed by atoms with van der Waals surface area (Å²) in [6, 6.07) is 3.81. The van der Waals surface area contributed by atoms with Crippen LogP contribution in [-0.2, 0) is 9.53 Å². The standard InChI is InChI=1S/C14H21N3O2/c1-2-19-14(18)9-11-5-7-17(8-6-11)12-3-4-13(15)16-10-12/h3-4,10-11H,2,5-9H2,1H3,(H2,15,16). The van der Waals surface area contributed by atoms with Crippen molar-refractivity contribution in [1.29, 1.82) is 0 Å². The molecule has 0 atom stereocenters. The van der Waals surface area contributed by atoms with Gasteiger partial charge in [0.05, 0.1) is 18.5 Å². The summed E-state index contributed by atoms with van der Waals surface area (Å²) in [6.45, 7) is 4.22. The van der Waals surface area contributed by atoms with Crippen molar-refractivity contribution < 1.29 is 9.53 Å². The zero-order valence-electron chi connectivity index (χ0n) is 11.3. The average molecular weight is 263 g/mol. The van der Waals surface area contributed by atoms with E-state index in [0.717, 1.165) is 31.6 Å². The molecule has 1 aliphatic heterocycles. The lowest BCUT2D eigenvalue weighted by atomic mass is 9.93. The van der Waals surface area contributed by atoms with E-state index in [1.165, 1.54) is 0 Å². The largest absolute Gasteiger partial charge is 0.466 e.